The van der Waals surface area contributed by atoms with Crippen molar-refractivity contribution >= 4 is 0 Å². The highest BCUT2D eigenvalue weighted by Crippen LogP contribution is 2.25. The zero-order chi connectivity index (χ0) is 15.5. The first-order chi connectivity index (χ1) is 9.90. The summed E-state index contributed by atoms with van der Waals surface area (Å²) in [7, 11) is 1.77. The summed E-state index contributed by atoms with van der Waals surface area (Å²) in [6.45, 7) is 9.28. The van der Waals surface area contributed by atoms with Crippen LogP contribution >= 0.6 is 0 Å². The number of methoxy groups -OCH3 is 1. The Hall–Kier alpha value is -0.900. The van der Waals surface area contributed by atoms with Crippen molar-refractivity contribution in [3.63, 3.8) is 0 Å². The van der Waals surface area contributed by atoms with Crippen LogP contribution in [0.3, 0.4) is 0 Å². The first kappa shape index (κ1) is 16.5. The Morgan fingerprint density at radius 3 is 2.52 bits per heavy atom. The smallest absolute Gasteiger partial charge is 0.0916 e. The minimum Gasteiger partial charge on any atom is -0.387 e. The van der Waals surface area contributed by atoms with Gasteiger partial charge in [-0.3, -0.25) is 4.90 Å². The van der Waals surface area contributed by atoms with Crippen molar-refractivity contribution in [2.24, 2.45) is 0 Å². The molecule has 1 aliphatic rings. The van der Waals surface area contributed by atoms with Crippen molar-refractivity contribution < 1.29 is 9.84 Å². The summed E-state index contributed by atoms with van der Waals surface area (Å²) in [5.41, 5.74) is 2.46. The molecule has 1 heterocycles. The quantitative estimate of drug-likeness (QED) is 0.925. The molecular weight excluding hydrogens is 262 g/mol. The lowest BCUT2D eigenvalue weighted by Crippen LogP contribution is -2.41. The third-order valence-corrected chi connectivity index (χ3v) is 4.39. The summed E-state index contributed by atoms with van der Waals surface area (Å²) < 4.78 is 5.44. The van der Waals surface area contributed by atoms with Crippen molar-refractivity contribution in [2.45, 2.75) is 51.2 Å². The maximum absolute atomic E-state index is 10.4. The van der Waals surface area contributed by atoms with Crippen LogP contribution in [0.4, 0.5) is 0 Å². The highest BCUT2D eigenvalue weighted by molar-refractivity contribution is 5.28. The van der Waals surface area contributed by atoms with Gasteiger partial charge >= 0.3 is 0 Å². The van der Waals surface area contributed by atoms with Gasteiger partial charge in [-0.15, -0.1) is 0 Å². The second-order valence-electron chi connectivity index (χ2n) is 7.15. The van der Waals surface area contributed by atoms with Crippen LogP contribution in [0, 0.1) is 0 Å². The lowest BCUT2D eigenvalue weighted by molar-refractivity contribution is 0.0127. The Morgan fingerprint density at radius 1 is 1.29 bits per heavy atom. The Kier molecular flexibility index (Phi) is 5.42. The maximum Gasteiger partial charge on any atom is 0.0916 e. The van der Waals surface area contributed by atoms with Crippen LogP contribution in [-0.4, -0.2) is 42.9 Å². The fourth-order valence-electron chi connectivity index (χ4n) is 2.93. The van der Waals surface area contributed by atoms with E-state index < -0.39 is 6.10 Å². The summed E-state index contributed by atoms with van der Waals surface area (Å²) in [6.07, 6.45) is 2.17. The Bertz CT molecular complexity index is 436. The lowest BCUT2D eigenvalue weighted by Gasteiger charge is -2.33. The van der Waals surface area contributed by atoms with E-state index in [1.165, 1.54) is 5.56 Å². The summed E-state index contributed by atoms with van der Waals surface area (Å²) in [6, 6.07) is 8.38. The van der Waals surface area contributed by atoms with Crippen molar-refractivity contribution in [1.82, 2.24) is 4.90 Å². The number of ether oxygens (including phenoxy) is 1. The average molecular weight is 291 g/mol. The Morgan fingerprint density at radius 2 is 1.95 bits per heavy atom. The van der Waals surface area contributed by atoms with Crippen molar-refractivity contribution in [2.75, 3.05) is 26.7 Å². The first-order valence-corrected chi connectivity index (χ1v) is 7.94. The predicted molar refractivity (Wildman–Crippen MR) is 86.6 cm³/mol. The number of β-amino-alcohol motifs (C(OH)–C–C–N with tert-alkyl or cyclic N) is 1. The van der Waals surface area contributed by atoms with E-state index in [9.17, 15) is 5.11 Å². The number of hydrogen-bond donors (Lipinski definition) is 1. The number of likely N-dealkylation sites (tertiary alicyclic amines) is 1. The summed E-state index contributed by atoms with van der Waals surface area (Å²) >= 11 is 0. The molecule has 118 valence electrons. The van der Waals surface area contributed by atoms with E-state index in [1.807, 2.05) is 0 Å². The fraction of sp³-hybridized carbons (Fsp3) is 0.667. The van der Waals surface area contributed by atoms with Gasteiger partial charge < -0.3 is 9.84 Å². The van der Waals surface area contributed by atoms with Crippen molar-refractivity contribution in [3.05, 3.63) is 35.4 Å². The summed E-state index contributed by atoms with van der Waals surface area (Å²) in [4.78, 5) is 2.31. The van der Waals surface area contributed by atoms with Crippen LogP contribution < -0.4 is 0 Å². The highest BCUT2D eigenvalue weighted by Gasteiger charge is 2.22. The monoisotopic (exact) mass is 291 g/mol. The number of rotatable bonds is 4. The average Bonchev–Trinajstić information content (AvgIpc) is 2.46. The van der Waals surface area contributed by atoms with Crippen LogP contribution in [0.15, 0.2) is 24.3 Å². The topological polar surface area (TPSA) is 32.7 Å². The predicted octanol–water partition coefficient (Wildman–Crippen LogP) is 3.13. The molecule has 21 heavy (non-hydrogen) atoms. The molecule has 0 aliphatic carbocycles. The molecule has 2 rings (SSSR count). The van der Waals surface area contributed by atoms with E-state index in [4.69, 9.17) is 4.74 Å². The highest BCUT2D eigenvalue weighted by atomic mass is 16.5. The van der Waals surface area contributed by atoms with Crippen LogP contribution in [0.2, 0.25) is 0 Å². The summed E-state index contributed by atoms with van der Waals surface area (Å²) in [5, 5.41) is 10.4. The van der Waals surface area contributed by atoms with E-state index in [2.05, 4.69) is 49.9 Å². The van der Waals surface area contributed by atoms with Gasteiger partial charge in [-0.2, -0.15) is 0 Å². The molecule has 1 aliphatic heterocycles. The van der Waals surface area contributed by atoms with Crippen LogP contribution in [0.25, 0.3) is 0 Å². The molecule has 1 aromatic rings. The van der Waals surface area contributed by atoms with Gasteiger partial charge in [-0.25, -0.2) is 0 Å². The number of piperidine rings is 1. The fourth-order valence-corrected chi connectivity index (χ4v) is 2.93. The molecule has 3 heteroatoms. The first-order valence-electron chi connectivity index (χ1n) is 7.94. The molecule has 2 unspecified atom stereocenters. The van der Waals surface area contributed by atoms with Gasteiger partial charge in [0.15, 0.2) is 0 Å². The molecule has 1 aromatic carbocycles. The molecule has 3 nitrogen and oxygen atoms in total. The molecule has 0 spiro atoms. The third kappa shape index (κ3) is 4.53. The van der Waals surface area contributed by atoms with Crippen molar-refractivity contribution in [3.8, 4) is 0 Å². The van der Waals surface area contributed by atoms with E-state index in [0.29, 0.717) is 12.6 Å². The minimum atomic E-state index is -0.422. The van der Waals surface area contributed by atoms with E-state index >= 15 is 0 Å². The molecule has 1 saturated heterocycles. The number of hydrogen-bond acceptors (Lipinski definition) is 3. The summed E-state index contributed by atoms with van der Waals surface area (Å²) in [5.74, 6) is 0. The van der Waals surface area contributed by atoms with Gasteiger partial charge in [0.05, 0.1) is 12.2 Å². The van der Waals surface area contributed by atoms with Gasteiger partial charge in [0.2, 0.25) is 0 Å². The molecule has 0 bridgehead atoms. The molecule has 0 amide bonds. The van der Waals surface area contributed by atoms with Crippen LogP contribution in [-0.2, 0) is 10.2 Å². The normalized spacial score (nSPS) is 22.2. The van der Waals surface area contributed by atoms with E-state index in [-0.39, 0.29) is 5.41 Å². The number of nitrogens with zero attached hydrogens (tertiary/aromatic N) is 1. The molecule has 0 aromatic heterocycles. The zero-order valence-electron chi connectivity index (χ0n) is 13.8. The maximum atomic E-state index is 10.4. The zero-order valence-corrected chi connectivity index (χ0v) is 13.8. The van der Waals surface area contributed by atoms with Crippen molar-refractivity contribution in [1.29, 1.82) is 0 Å². The SMILES string of the molecule is COC1CCCN(CC(O)c2ccc(C(C)(C)C)cc2)C1. The molecule has 1 fully saturated rings. The van der Waals surface area contributed by atoms with Gasteiger partial charge in [-0.05, 0) is 35.9 Å². The standard InChI is InChI=1S/C18H29NO2/c1-18(2,3)15-9-7-14(8-10-15)17(20)13-19-11-5-6-16(12-19)21-4/h7-10,16-17,20H,5-6,11-13H2,1-4H3. The second-order valence-corrected chi connectivity index (χ2v) is 7.15. The lowest BCUT2D eigenvalue weighted by atomic mass is 9.86. The van der Waals surface area contributed by atoms with Gasteiger partial charge in [0.25, 0.3) is 0 Å². The van der Waals surface area contributed by atoms with Gasteiger partial charge in [0, 0.05) is 20.2 Å². The third-order valence-electron chi connectivity index (χ3n) is 4.39. The second kappa shape index (κ2) is 6.91. The molecular formula is C18H29NO2. The molecule has 2 atom stereocenters. The number of aliphatic hydroxyl groups is 1. The molecule has 0 radical (unpaired) electrons. The Labute approximate surface area is 128 Å². The Balaban J connectivity index is 1.95. The van der Waals surface area contributed by atoms with E-state index in [1.54, 1.807) is 7.11 Å². The molecule has 0 saturated carbocycles. The minimum absolute atomic E-state index is 0.155. The van der Waals surface area contributed by atoms with Crippen LogP contribution in [0.1, 0.15) is 50.8 Å². The van der Waals surface area contributed by atoms with Gasteiger partial charge in [0.1, 0.15) is 0 Å². The number of benzene rings is 1. The largest absolute Gasteiger partial charge is 0.387 e. The molecule has 1 N–H and O–H groups in total. The van der Waals surface area contributed by atoms with Crippen LogP contribution in [0.5, 0.6) is 0 Å². The number of aliphatic hydroxyl groups excluding tert-OH is 1. The van der Waals surface area contributed by atoms with E-state index in [0.717, 1.165) is 31.5 Å². The van der Waals surface area contributed by atoms with Gasteiger partial charge in [-0.1, -0.05) is 45.0 Å².